The molecule has 1 fully saturated rings. The van der Waals surface area contributed by atoms with Crippen molar-refractivity contribution in [3.8, 4) is 5.75 Å². The SMILES string of the molecule is COc1ccccc1C(N)CNc1ccc2c(c1)C(=O)N(C1CCC(=O)NC1=O)C2=O. The van der Waals surface area contributed by atoms with Gasteiger partial charge in [0.2, 0.25) is 11.8 Å². The second kappa shape index (κ2) is 8.19. The molecule has 0 spiro atoms. The lowest BCUT2D eigenvalue weighted by Crippen LogP contribution is -2.54. The van der Waals surface area contributed by atoms with Crippen LogP contribution in [0.1, 0.15) is 45.2 Å². The number of ether oxygens (including phenoxy) is 1. The Labute approximate surface area is 178 Å². The Hall–Kier alpha value is -3.72. The number of hydrogen-bond acceptors (Lipinski definition) is 7. The summed E-state index contributed by atoms with van der Waals surface area (Å²) in [5, 5.41) is 5.36. The summed E-state index contributed by atoms with van der Waals surface area (Å²) < 4.78 is 5.34. The van der Waals surface area contributed by atoms with Crippen LogP contribution in [0.2, 0.25) is 0 Å². The highest BCUT2D eigenvalue weighted by molar-refractivity contribution is 6.23. The molecule has 0 aliphatic carbocycles. The minimum atomic E-state index is -0.986. The van der Waals surface area contributed by atoms with Crippen LogP contribution >= 0.6 is 0 Å². The number of nitrogens with zero attached hydrogens (tertiary/aromatic N) is 1. The first-order chi connectivity index (χ1) is 14.9. The van der Waals surface area contributed by atoms with E-state index in [-0.39, 0.29) is 30.0 Å². The number of amides is 4. The van der Waals surface area contributed by atoms with Crippen molar-refractivity contribution in [1.29, 1.82) is 0 Å². The number of imide groups is 2. The predicted octanol–water partition coefficient (Wildman–Crippen LogP) is 1.21. The van der Waals surface area contributed by atoms with Gasteiger partial charge in [-0.25, -0.2) is 0 Å². The van der Waals surface area contributed by atoms with E-state index >= 15 is 0 Å². The molecule has 31 heavy (non-hydrogen) atoms. The molecule has 2 aliphatic heterocycles. The predicted molar refractivity (Wildman–Crippen MR) is 112 cm³/mol. The molecule has 4 rings (SSSR count). The molecule has 0 bridgehead atoms. The molecule has 4 N–H and O–H groups in total. The molecule has 2 aromatic rings. The van der Waals surface area contributed by atoms with Crippen molar-refractivity contribution in [2.24, 2.45) is 5.73 Å². The summed E-state index contributed by atoms with van der Waals surface area (Å²) in [4.78, 5) is 50.1. The fourth-order valence-electron chi connectivity index (χ4n) is 3.89. The zero-order chi connectivity index (χ0) is 22.1. The van der Waals surface area contributed by atoms with Gasteiger partial charge in [-0.05, 0) is 30.7 Å². The summed E-state index contributed by atoms with van der Waals surface area (Å²) >= 11 is 0. The molecule has 9 nitrogen and oxygen atoms in total. The number of anilines is 1. The highest BCUT2D eigenvalue weighted by atomic mass is 16.5. The van der Waals surface area contributed by atoms with Crippen molar-refractivity contribution in [1.82, 2.24) is 10.2 Å². The zero-order valence-electron chi connectivity index (χ0n) is 16.9. The van der Waals surface area contributed by atoms with Crippen LogP contribution in [-0.4, -0.2) is 48.2 Å². The third-order valence-corrected chi connectivity index (χ3v) is 5.50. The van der Waals surface area contributed by atoms with Gasteiger partial charge in [-0.15, -0.1) is 0 Å². The van der Waals surface area contributed by atoms with E-state index in [0.29, 0.717) is 18.0 Å². The van der Waals surface area contributed by atoms with Crippen LogP contribution in [0, 0.1) is 0 Å². The van der Waals surface area contributed by atoms with Crippen LogP contribution in [0.25, 0.3) is 0 Å². The van der Waals surface area contributed by atoms with E-state index in [1.165, 1.54) is 0 Å². The lowest BCUT2D eigenvalue weighted by atomic mass is 10.0. The molecule has 0 saturated carbocycles. The maximum Gasteiger partial charge on any atom is 0.262 e. The van der Waals surface area contributed by atoms with Crippen LogP contribution in [0.5, 0.6) is 5.75 Å². The quantitative estimate of drug-likeness (QED) is 0.596. The third kappa shape index (κ3) is 3.75. The number of fused-ring (bicyclic) bond motifs is 1. The molecular weight excluding hydrogens is 400 g/mol. The van der Waals surface area contributed by atoms with Gasteiger partial charge in [-0.3, -0.25) is 29.4 Å². The van der Waals surface area contributed by atoms with Crippen LogP contribution in [-0.2, 0) is 9.59 Å². The highest BCUT2D eigenvalue weighted by Gasteiger charge is 2.44. The second-order valence-corrected chi connectivity index (χ2v) is 7.44. The number of carbonyl (C=O) groups is 4. The number of nitrogens with two attached hydrogens (primary N) is 1. The maximum atomic E-state index is 12.9. The number of methoxy groups -OCH3 is 1. The Kier molecular flexibility index (Phi) is 5.43. The molecule has 2 atom stereocenters. The Morgan fingerprint density at radius 3 is 2.61 bits per heavy atom. The molecule has 0 aromatic heterocycles. The lowest BCUT2D eigenvalue weighted by Gasteiger charge is -2.27. The number of rotatable bonds is 6. The van der Waals surface area contributed by atoms with E-state index in [4.69, 9.17) is 10.5 Å². The van der Waals surface area contributed by atoms with Gasteiger partial charge in [-0.1, -0.05) is 18.2 Å². The van der Waals surface area contributed by atoms with Gasteiger partial charge in [0.05, 0.1) is 24.3 Å². The highest BCUT2D eigenvalue weighted by Crippen LogP contribution is 2.30. The first-order valence-corrected chi connectivity index (χ1v) is 9.88. The van der Waals surface area contributed by atoms with Crippen LogP contribution < -0.4 is 21.1 Å². The van der Waals surface area contributed by atoms with E-state index in [9.17, 15) is 19.2 Å². The van der Waals surface area contributed by atoms with Crippen molar-refractivity contribution in [3.63, 3.8) is 0 Å². The molecule has 160 valence electrons. The van der Waals surface area contributed by atoms with Crippen LogP contribution in [0.3, 0.4) is 0 Å². The minimum absolute atomic E-state index is 0.0808. The van der Waals surface area contributed by atoms with Gasteiger partial charge in [0, 0.05) is 24.2 Å². The lowest BCUT2D eigenvalue weighted by molar-refractivity contribution is -0.136. The molecule has 2 aliphatic rings. The normalized spacial score (nSPS) is 19.2. The molecular formula is C22H22N4O5. The molecule has 4 amide bonds. The van der Waals surface area contributed by atoms with E-state index in [0.717, 1.165) is 10.5 Å². The Morgan fingerprint density at radius 1 is 1.13 bits per heavy atom. The fraction of sp³-hybridized carbons (Fsp3) is 0.273. The summed E-state index contributed by atoms with van der Waals surface area (Å²) in [5.41, 5.74) is 8.19. The van der Waals surface area contributed by atoms with Crippen molar-refractivity contribution in [2.75, 3.05) is 19.0 Å². The van der Waals surface area contributed by atoms with Crippen LogP contribution in [0.15, 0.2) is 42.5 Å². The summed E-state index contributed by atoms with van der Waals surface area (Å²) in [5.74, 6) is -1.44. The number of carbonyl (C=O) groups excluding carboxylic acids is 4. The summed E-state index contributed by atoms with van der Waals surface area (Å²) in [6, 6.07) is 10.9. The number of para-hydroxylation sites is 1. The van der Waals surface area contributed by atoms with Crippen molar-refractivity contribution in [3.05, 3.63) is 59.2 Å². The van der Waals surface area contributed by atoms with Gasteiger partial charge < -0.3 is 15.8 Å². The number of hydrogen-bond donors (Lipinski definition) is 3. The van der Waals surface area contributed by atoms with E-state index in [2.05, 4.69) is 10.6 Å². The van der Waals surface area contributed by atoms with E-state index < -0.39 is 29.7 Å². The van der Waals surface area contributed by atoms with Crippen LogP contribution in [0.4, 0.5) is 5.69 Å². The Bertz CT molecular complexity index is 1080. The summed E-state index contributed by atoms with van der Waals surface area (Å²) in [6.07, 6.45) is 0.201. The Balaban J connectivity index is 1.49. The average Bonchev–Trinajstić information content (AvgIpc) is 3.02. The molecule has 2 aromatic carbocycles. The minimum Gasteiger partial charge on any atom is -0.496 e. The topological polar surface area (TPSA) is 131 Å². The second-order valence-electron chi connectivity index (χ2n) is 7.44. The maximum absolute atomic E-state index is 12.9. The summed E-state index contributed by atoms with van der Waals surface area (Å²) in [6.45, 7) is 0.373. The van der Waals surface area contributed by atoms with Gasteiger partial charge in [0.25, 0.3) is 11.8 Å². The molecule has 2 heterocycles. The first-order valence-electron chi connectivity index (χ1n) is 9.88. The molecule has 2 unspecified atom stereocenters. The van der Waals surface area contributed by atoms with Gasteiger partial charge in [-0.2, -0.15) is 0 Å². The standard InChI is InChI=1S/C22H22N4O5/c1-31-18-5-3-2-4-14(18)16(23)11-24-12-6-7-13-15(10-12)22(30)26(21(13)29)17-8-9-19(27)25-20(17)28/h2-7,10,16-17,24H,8-9,11,23H2,1H3,(H,25,27,28). The number of piperidine rings is 1. The fourth-order valence-corrected chi connectivity index (χ4v) is 3.89. The van der Waals surface area contributed by atoms with Crippen molar-refractivity contribution >= 4 is 29.3 Å². The largest absolute Gasteiger partial charge is 0.496 e. The van der Waals surface area contributed by atoms with Gasteiger partial charge >= 0.3 is 0 Å². The molecule has 9 heteroatoms. The van der Waals surface area contributed by atoms with E-state index in [1.807, 2.05) is 24.3 Å². The number of nitrogens with one attached hydrogen (secondary N) is 2. The van der Waals surface area contributed by atoms with Crippen molar-refractivity contribution in [2.45, 2.75) is 24.9 Å². The third-order valence-electron chi connectivity index (χ3n) is 5.50. The summed E-state index contributed by atoms with van der Waals surface area (Å²) in [7, 11) is 1.58. The average molecular weight is 422 g/mol. The van der Waals surface area contributed by atoms with Gasteiger partial charge in [0.15, 0.2) is 0 Å². The zero-order valence-corrected chi connectivity index (χ0v) is 16.9. The Morgan fingerprint density at radius 2 is 1.87 bits per heavy atom. The number of benzene rings is 2. The van der Waals surface area contributed by atoms with E-state index in [1.54, 1.807) is 25.3 Å². The molecule has 1 saturated heterocycles. The molecule has 0 radical (unpaired) electrons. The first kappa shape index (κ1) is 20.5. The van der Waals surface area contributed by atoms with Crippen molar-refractivity contribution < 1.29 is 23.9 Å². The van der Waals surface area contributed by atoms with Gasteiger partial charge in [0.1, 0.15) is 11.8 Å². The monoisotopic (exact) mass is 422 g/mol. The smallest absolute Gasteiger partial charge is 0.262 e.